The third-order valence-corrected chi connectivity index (χ3v) is 5.81. The van der Waals surface area contributed by atoms with E-state index in [2.05, 4.69) is 30.9 Å². The maximum atomic E-state index is 14.6. The maximum absolute atomic E-state index is 14.6. The zero-order valence-corrected chi connectivity index (χ0v) is 20.2. The van der Waals surface area contributed by atoms with Crippen molar-refractivity contribution >= 4 is 29.2 Å². The van der Waals surface area contributed by atoms with Gasteiger partial charge < -0.3 is 10.6 Å². The Morgan fingerprint density at radius 1 is 1.00 bits per heavy atom. The Labute approximate surface area is 219 Å². The van der Waals surface area contributed by atoms with Gasteiger partial charge in [-0.3, -0.25) is 19.7 Å². The van der Waals surface area contributed by atoms with Gasteiger partial charge in [-0.2, -0.15) is 10.2 Å². The number of para-hydroxylation sites is 1. The summed E-state index contributed by atoms with van der Waals surface area (Å²) >= 11 is 6.20. The Balaban J connectivity index is 1.46. The van der Waals surface area contributed by atoms with E-state index in [0.717, 1.165) is 23.9 Å². The van der Waals surface area contributed by atoms with Gasteiger partial charge in [0.2, 0.25) is 0 Å². The van der Waals surface area contributed by atoms with Crippen LogP contribution in [0.5, 0.6) is 0 Å². The molecular formula is C26H18ClF2N7O2. The van der Waals surface area contributed by atoms with E-state index in [-0.39, 0.29) is 39.9 Å². The molecule has 3 N–H and O–H groups in total. The van der Waals surface area contributed by atoms with E-state index in [1.165, 1.54) is 22.9 Å². The number of rotatable bonds is 7. The zero-order chi connectivity index (χ0) is 26.6. The maximum Gasteiger partial charge on any atom is 0.272 e. The number of nitrogens with one attached hydrogen (secondary N) is 3. The summed E-state index contributed by atoms with van der Waals surface area (Å²) < 4.78 is 29.3. The van der Waals surface area contributed by atoms with Gasteiger partial charge in [-0.25, -0.2) is 13.5 Å². The van der Waals surface area contributed by atoms with Crippen molar-refractivity contribution in [1.29, 1.82) is 0 Å². The van der Waals surface area contributed by atoms with Gasteiger partial charge in [-0.05, 0) is 36.4 Å². The van der Waals surface area contributed by atoms with Crippen molar-refractivity contribution in [3.8, 4) is 16.9 Å². The Morgan fingerprint density at radius 2 is 1.82 bits per heavy atom. The number of H-pyrrole nitrogens is 1. The first kappa shape index (κ1) is 24.8. The normalized spacial score (nSPS) is 10.8. The summed E-state index contributed by atoms with van der Waals surface area (Å²) in [7, 11) is 0. The first-order chi connectivity index (χ1) is 18.4. The molecule has 38 heavy (non-hydrogen) atoms. The van der Waals surface area contributed by atoms with Crippen molar-refractivity contribution in [2.75, 3.05) is 5.32 Å². The SMILES string of the molecule is O=C(NCc1cn[nH]c1)c1cc(NC(=O)c2cc(-c3ccc(F)cn3)c(F)cc2Cl)n(-c2ccccc2)n1. The molecule has 0 aliphatic heterocycles. The van der Waals surface area contributed by atoms with E-state index in [4.69, 9.17) is 11.6 Å². The third kappa shape index (κ3) is 5.27. The Bertz CT molecular complexity index is 1610. The van der Waals surface area contributed by atoms with Gasteiger partial charge in [0.15, 0.2) is 5.69 Å². The molecule has 0 saturated carbocycles. The molecule has 5 aromatic rings. The second kappa shape index (κ2) is 10.6. The highest BCUT2D eigenvalue weighted by molar-refractivity contribution is 6.34. The number of hydrogen-bond donors (Lipinski definition) is 3. The monoisotopic (exact) mass is 533 g/mol. The van der Waals surface area contributed by atoms with Crippen LogP contribution >= 0.6 is 11.6 Å². The number of pyridine rings is 1. The molecule has 12 heteroatoms. The standard InChI is InChI=1S/C26H18ClF2N7O2/c27-20-9-21(29)19(22-7-6-16(28)14-30-22)8-18(20)25(37)34-24-10-23(26(38)31-11-15-12-32-33-13-15)35-36(24)17-4-2-1-3-5-17/h1-10,12-14H,11H2,(H,31,38)(H,32,33)(H,34,37). The van der Waals surface area contributed by atoms with E-state index < -0.39 is 23.4 Å². The predicted octanol–water partition coefficient (Wildman–Crippen LogP) is 4.77. The van der Waals surface area contributed by atoms with Gasteiger partial charge >= 0.3 is 0 Å². The summed E-state index contributed by atoms with van der Waals surface area (Å²) in [6.45, 7) is 0.223. The van der Waals surface area contributed by atoms with Crippen molar-refractivity contribution in [1.82, 2.24) is 30.3 Å². The van der Waals surface area contributed by atoms with Gasteiger partial charge in [0.05, 0.1) is 34.4 Å². The van der Waals surface area contributed by atoms with E-state index >= 15 is 0 Å². The second-order valence-corrected chi connectivity index (χ2v) is 8.49. The van der Waals surface area contributed by atoms with Crippen molar-refractivity contribution in [3.05, 3.63) is 113 Å². The van der Waals surface area contributed by atoms with Crippen LogP contribution in [0.4, 0.5) is 14.6 Å². The number of amides is 2. The van der Waals surface area contributed by atoms with Crippen molar-refractivity contribution in [2.24, 2.45) is 0 Å². The van der Waals surface area contributed by atoms with Crippen LogP contribution in [0.25, 0.3) is 16.9 Å². The van der Waals surface area contributed by atoms with Gasteiger partial charge in [-0.15, -0.1) is 0 Å². The fourth-order valence-corrected chi connectivity index (χ4v) is 3.87. The average Bonchev–Trinajstić information content (AvgIpc) is 3.59. The lowest BCUT2D eigenvalue weighted by Gasteiger charge is -2.11. The van der Waals surface area contributed by atoms with Crippen LogP contribution in [-0.4, -0.2) is 36.8 Å². The number of aromatic amines is 1. The smallest absolute Gasteiger partial charge is 0.272 e. The number of anilines is 1. The minimum Gasteiger partial charge on any atom is -0.346 e. The van der Waals surface area contributed by atoms with E-state index in [0.29, 0.717) is 5.69 Å². The molecule has 0 saturated heterocycles. The number of carbonyl (C=O) groups is 2. The average molecular weight is 534 g/mol. The summed E-state index contributed by atoms with van der Waals surface area (Å²) in [5, 5.41) is 16.2. The molecule has 0 radical (unpaired) electrons. The van der Waals surface area contributed by atoms with E-state index in [1.807, 2.05) is 6.07 Å². The fraction of sp³-hybridized carbons (Fsp3) is 0.0385. The van der Waals surface area contributed by atoms with Gasteiger partial charge in [0.1, 0.15) is 17.5 Å². The number of hydrogen-bond acceptors (Lipinski definition) is 5. The number of carbonyl (C=O) groups excluding carboxylic acids is 2. The number of nitrogens with zero attached hydrogens (tertiary/aromatic N) is 4. The van der Waals surface area contributed by atoms with Crippen LogP contribution in [0.3, 0.4) is 0 Å². The second-order valence-electron chi connectivity index (χ2n) is 8.08. The summed E-state index contributed by atoms with van der Waals surface area (Å²) in [5.41, 5.74) is 1.44. The molecule has 0 spiro atoms. The summed E-state index contributed by atoms with van der Waals surface area (Å²) in [5.74, 6) is -2.28. The van der Waals surface area contributed by atoms with Gasteiger partial charge in [-0.1, -0.05) is 29.8 Å². The molecule has 0 unspecified atom stereocenters. The molecule has 190 valence electrons. The topological polar surface area (TPSA) is 118 Å². The quantitative estimate of drug-likeness (QED) is 0.278. The van der Waals surface area contributed by atoms with Crippen LogP contribution in [0, 0.1) is 11.6 Å². The van der Waals surface area contributed by atoms with Crippen molar-refractivity contribution in [2.45, 2.75) is 6.54 Å². The highest BCUT2D eigenvalue weighted by Gasteiger charge is 2.21. The molecule has 5 rings (SSSR count). The zero-order valence-electron chi connectivity index (χ0n) is 19.5. The molecule has 2 amide bonds. The molecule has 0 atom stereocenters. The predicted molar refractivity (Wildman–Crippen MR) is 136 cm³/mol. The lowest BCUT2D eigenvalue weighted by Crippen LogP contribution is -2.23. The molecule has 0 aliphatic rings. The molecular weight excluding hydrogens is 516 g/mol. The van der Waals surface area contributed by atoms with Crippen molar-refractivity contribution < 1.29 is 18.4 Å². The molecule has 0 bridgehead atoms. The van der Waals surface area contributed by atoms with Gasteiger partial charge in [0, 0.05) is 29.9 Å². The van der Waals surface area contributed by atoms with Crippen molar-refractivity contribution in [3.63, 3.8) is 0 Å². The van der Waals surface area contributed by atoms with Crippen LogP contribution < -0.4 is 10.6 Å². The third-order valence-electron chi connectivity index (χ3n) is 5.50. The minimum absolute atomic E-state index is 0.0320. The Hall–Kier alpha value is -4.90. The summed E-state index contributed by atoms with van der Waals surface area (Å²) in [6.07, 6.45) is 4.17. The minimum atomic E-state index is -0.725. The fourth-order valence-electron chi connectivity index (χ4n) is 3.63. The lowest BCUT2D eigenvalue weighted by molar-refractivity contribution is 0.0944. The summed E-state index contributed by atoms with van der Waals surface area (Å²) in [4.78, 5) is 29.9. The molecule has 0 fully saturated rings. The number of aromatic nitrogens is 5. The highest BCUT2D eigenvalue weighted by Crippen LogP contribution is 2.29. The Kier molecular flexibility index (Phi) is 6.92. The van der Waals surface area contributed by atoms with E-state index in [1.54, 1.807) is 36.7 Å². The molecule has 0 aliphatic carbocycles. The van der Waals surface area contributed by atoms with Crippen LogP contribution in [-0.2, 0) is 6.54 Å². The first-order valence-electron chi connectivity index (χ1n) is 11.2. The molecule has 3 aromatic heterocycles. The molecule has 2 aromatic carbocycles. The largest absolute Gasteiger partial charge is 0.346 e. The van der Waals surface area contributed by atoms with Gasteiger partial charge in [0.25, 0.3) is 11.8 Å². The van der Waals surface area contributed by atoms with Crippen LogP contribution in [0.2, 0.25) is 5.02 Å². The first-order valence-corrected chi connectivity index (χ1v) is 11.6. The Morgan fingerprint density at radius 3 is 2.53 bits per heavy atom. The van der Waals surface area contributed by atoms with Crippen LogP contribution in [0.15, 0.2) is 79.3 Å². The van der Waals surface area contributed by atoms with E-state index in [9.17, 15) is 18.4 Å². The lowest BCUT2D eigenvalue weighted by atomic mass is 10.1. The molecule has 3 heterocycles. The number of halogens is 3. The molecule has 9 nitrogen and oxygen atoms in total. The highest BCUT2D eigenvalue weighted by atomic mass is 35.5. The number of benzene rings is 2. The van der Waals surface area contributed by atoms with Crippen LogP contribution in [0.1, 0.15) is 26.4 Å². The summed E-state index contributed by atoms with van der Waals surface area (Å²) in [6, 6.07) is 14.9.